The van der Waals surface area contributed by atoms with Gasteiger partial charge in [0.25, 0.3) is 0 Å². The van der Waals surface area contributed by atoms with Crippen LogP contribution in [0.2, 0.25) is 0 Å². The van der Waals surface area contributed by atoms with E-state index >= 15 is 0 Å². The molecule has 0 saturated carbocycles. The van der Waals surface area contributed by atoms with Crippen molar-refractivity contribution >= 4 is 49.2 Å². The second-order valence-corrected chi connectivity index (χ2v) is 9.52. The van der Waals surface area contributed by atoms with Gasteiger partial charge in [-0.2, -0.15) is 13.5 Å². The summed E-state index contributed by atoms with van der Waals surface area (Å²) in [6, 6.07) is 6.97. The van der Waals surface area contributed by atoms with Crippen LogP contribution in [0, 0.1) is 0 Å². The molecule has 0 heterocycles. The van der Waals surface area contributed by atoms with Crippen LogP contribution in [-0.2, 0) is 24.4 Å². The molecule has 33 heavy (non-hydrogen) atoms. The Hall–Kier alpha value is -3.40. The van der Waals surface area contributed by atoms with Crippen molar-refractivity contribution in [3.8, 4) is 0 Å². The fourth-order valence-electron chi connectivity index (χ4n) is 2.56. The van der Waals surface area contributed by atoms with E-state index in [0.717, 1.165) is 18.2 Å². The molecular weight excluding hydrogens is 482 g/mol. The van der Waals surface area contributed by atoms with Crippen LogP contribution in [0.3, 0.4) is 0 Å². The third-order valence-electron chi connectivity index (χ3n) is 4.02. The first kappa shape index (κ1) is 25.9. The highest BCUT2D eigenvalue weighted by atomic mass is 32.3. The molecular formula is C18H19N3O10S2. The van der Waals surface area contributed by atoms with E-state index in [2.05, 4.69) is 19.7 Å². The van der Waals surface area contributed by atoms with Gasteiger partial charge in [-0.25, -0.2) is 22.2 Å². The summed E-state index contributed by atoms with van der Waals surface area (Å²) in [7, 11) is -8.97. The number of nitrogens with zero attached hydrogens (tertiary/aromatic N) is 2. The molecule has 0 aliphatic carbocycles. The zero-order valence-corrected chi connectivity index (χ0v) is 18.6. The maximum Gasteiger partial charge on any atom is 0.397 e. The van der Waals surface area contributed by atoms with Crippen LogP contribution in [0.25, 0.3) is 0 Å². The molecule has 0 amide bonds. The molecule has 0 unspecified atom stereocenters. The summed E-state index contributed by atoms with van der Waals surface area (Å²) in [5.74, 6) is -3.48. The van der Waals surface area contributed by atoms with Crippen LogP contribution in [-0.4, -0.2) is 62.4 Å². The van der Waals surface area contributed by atoms with Gasteiger partial charge in [0.1, 0.15) is 5.69 Å². The number of azo groups is 1. The Morgan fingerprint density at radius 3 is 2.21 bits per heavy atom. The molecule has 0 aliphatic heterocycles. The highest BCUT2D eigenvalue weighted by Gasteiger charge is 2.20. The zero-order valence-electron chi connectivity index (χ0n) is 17.0. The molecule has 2 aromatic rings. The lowest BCUT2D eigenvalue weighted by Gasteiger charge is -2.08. The third-order valence-corrected chi connectivity index (χ3v) is 6.16. The summed E-state index contributed by atoms with van der Waals surface area (Å²) in [6.07, 6.45) is 0. The van der Waals surface area contributed by atoms with Gasteiger partial charge in [0, 0.05) is 12.2 Å². The molecule has 0 spiro atoms. The smallest absolute Gasteiger partial charge is 0.397 e. The Morgan fingerprint density at radius 1 is 0.970 bits per heavy atom. The summed E-state index contributed by atoms with van der Waals surface area (Å²) in [6.45, 7) is 1.39. The van der Waals surface area contributed by atoms with Crippen LogP contribution >= 0.6 is 0 Å². The maximum absolute atomic E-state index is 12.4. The first-order chi connectivity index (χ1) is 15.3. The maximum atomic E-state index is 12.4. The summed E-state index contributed by atoms with van der Waals surface area (Å²) < 4.78 is 58.5. The molecule has 178 valence electrons. The summed E-state index contributed by atoms with van der Waals surface area (Å²) in [5.41, 5.74) is -0.404. The minimum absolute atomic E-state index is 0.0696. The monoisotopic (exact) mass is 501 g/mol. The van der Waals surface area contributed by atoms with Crippen LogP contribution in [0.4, 0.5) is 17.1 Å². The van der Waals surface area contributed by atoms with Gasteiger partial charge in [-0.1, -0.05) is 0 Å². The Kier molecular flexibility index (Phi) is 8.21. The number of rotatable bonds is 11. The van der Waals surface area contributed by atoms with Gasteiger partial charge >= 0.3 is 22.3 Å². The van der Waals surface area contributed by atoms with Crippen LogP contribution < -0.4 is 5.32 Å². The van der Waals surface area contributed by atoms with E-state index in [1.54, 1.807) is 6.92 Å². The Labute approximate surface area is 188 Å². The number of nitrogens with one attached hydrogen (secondary N) is 1. The number of carboxylic acid groups (broad SMARTS) is 2. The number of sulfone groups is 1. The largest absolute Gasteiger partial charge is 0.478 e. The average molecular weight is 501 g/mol. The number of hydrogen-bond donors (Lipinski definition) is 4. The van der Waals surface area contributed by atoms with Gasteiger partial charge in [0.15, 0.2) is 9.84 Å². The summed E-state index contributed by atoms with van der Waals surface area (Å²) in [4.78, 5) is 22.5. The summed E-state index contributed by atoms with van der Waals surface area (Å²) in [5, 5.41) is 29.2. The van der Waals surface area contributed by atoms with E-state index in [-0.39, 0.29) is 22.5 Å². The fraction of sp³-hybridized carbons (Fsp3) is 0.222. The average Bonchev–Trinajstić information content (AvgIpc) is 2.71. The van der Waals surface area contributed by atoms with Crippen molar-refractivity contribution in [2.75, 3.05) is 24.2 Å². The van der Waals surface area contributed by atoms with Crippen molar-refractivity contribution in [1.82, 2.24) is 0 Å². The number of aromatic carboxylic acids is 2. The highest BCUT2D eigenvalue weighted by molar-refractivity contribution is 7.91. The zero-order chi connectivity index (χ0) is 24.8. The minimum Gasteiger partial charge on any atom is -0.478 e. The molecule has 0 saturated heterocycles. The van der Waals surface area contributed by atoms with E-state index < -0.39 is 49.4 Å². The van der Waals surface area contributed by atoms with E-state index in [0.29, 0.717) is 12.2 Å². The molecule has 0 fully saturated rings. The standard InChI is InChI=1S/C18H19N3O10S2/c1-2-19-15-6-3-11(9-14(15)18(24)25)20-21-16-10-12(4-5-13(16)17(22)23)32(26,27)8-7-31-33(28,29)30/h3-6,9-10,19H,2,7-8H2,1H3,(H,22,23)(H,24,25)(H,28,29,30)/b21-20+. The van der Waals surface area contributed by atoms with Gasteiger partial charge in [-0.05, 0) is 43.3 Å². The van der Waals surface area contributed by atoms with E-state index in [1.165, 1.54) is 18.2 Å². The number of carboxylic acids is 2. The van der Waals surface area contributed by atoms with Crippen molar-refractivity contribution in [3.63, 3.8) is 0 Å². The number of benzene rings is 2. The van der Waals surface area contributed by atoms with E-state index in [1.807, 2.05) is 0 Å². The second-order valence-electron chi connectivity index (χ2n) is 6.32. The lowest BCUT2D eigenvalue weighted by Crippen LogP contribution is -2.15. The first-order valence-electron chi connectivity index (χ1n) is 9.09. The normalized spacial score (nSPS) is 12.1. The lowest BCUT2D eigenvalue weighted by atomic mass is 10.1. The van der Waals surface area contributed by atoms with Gasteiger partial charge in [-0.15, -0.1) is 5.11 Å². The molecule has 13 nitrogen and oxygen atoms in total. The molecule has 2 rings (SSSR count). The lowest BCUT2D eigenvalue weighted by molar-refractivity contribution is 0.0687. The molecule has 0 aliphatic rings. The minimum atomic E-state index is -4.83. The van der Waals surface area contributed by atoms with Crippen molar-refractivity contribution in [2.24, 2.45) is 10.2 Å². The molecule has 0 aromatic heterocycles. The Bertz CT molecular complexity index is 1300. The molecule has 0 radical (unpaired) electrons. The molecule has 0 bridgehead atoms. The van der Waals surface area contributed by atoms with Crippen LogP contribution in [0.15, 0.2) is 51.5 Å². The predicted octanol–water partition coefficient (Wildman–Crippen LogP) is 2.52. The Balaban J connectivity index is 2.41. The van der Waals surface area contributed by atoms with Gasteiger partial charge in [-0.3, -0.25) is 4.55 Å². The summed E-state index contributed by atoms with van der Waals surface area (Å²) >= 11 is 0. The predicted molar refractivity (Wildman–Crippen MR) is 115 cm³/mol. The third kappa shape index (κ3) is 7.31. The molecule has 0 atom stereocenters. The van der Waals surface area contributed by atoms with Crippen LogP contribution in [0.5, 0.6) is 0 Å². The fourth-order valence-corrected chi connectivity index (χ4v) is 4.07. The molecule has 4 N–H and O–H groups in total. The van der Waals surface area contributed by atoms with Crippen LogP contribution in [0.1, 0.15) is 27.6 Å². The van der Waals surface area contributed by atoms with Crippen molar-refractivity contribution in [2.45, 2.75) is 11.8 Å². The highest BCUT2D eigenvalue weighted by Crippen LogP contribution is 2.28. The molecule has 15 heteroatoms. The Morgan fingerprint density at radius 2 is 1.64 bits per heavy atom. The van der Waals surface area contributed by atoms with E-state index in [9.17, 15) is 36.6 Å². The van der Waals surface area contributed by atoms with Gasteiger partial charge in [0.2, 0.25) is 0 Å². The number of carbonyl (C=O) groups is 2. The second kappa shape index (κ2) is 10.5. The first-order valence-corrected chi connectivity index (χ1v) is 12.1. The topological polar surface area (TPSA) is 209 Å². The number of anilines is 1. The quantitative estimate of drug-likeness (QED) is 0.259. The van der Waals surface area contributed by atoms with E-state index in [4.69, 9.17) is 4.55 Å². The number of hydrogen-bond acceptors (Lipinski definition) is 10. The van der Waals surface area contributed by atoms with Crippen molar-refractivity contribution in [1.29, 1.82) is 0 Å². The SMILES string of the molecule is CCNc1ccc(/N=N/c2cc(S(=O)(=O)CCOS(=O)(=O)O)ccc2C(=O)O)cc1C(=O)O. The van der Waals surface area contributed by atoms with Crippen molar-refractivity contribution in [3.05, 3.63) is 47.5 Å². The van der Waals surface area contributed by atoms with Crippen molar-refractivity contribution < 1.29 is 45.4 Å². The van der Waals surface area contributed by atoms with Gasteiger partial charge < -0.3 is 15.5 Å². The van der Waals surface area contributed by atoms with Gasteiger partial charge in [0.05, 0.1) is 34.1 Å². The molecule has 2 aromatic carbocycles.